The normalized spacial score (nSPS) is 14.6. The van der Waals surface area contributed by atoms with Gasteiger partial charge in [0.1, 0.15) is 0 Å². The topological polar surface area (TPSA) is 49.8 Å². The summed E-state index contributed by atoms with van der Waals surface area (Å²) in [6, 6.07) is 7.85. The fraction of sp³-hybridized carbons (Fsp3) is 0.400. The third kappa shape index (κ3) is 5.85. The van der Waals surface area contributed by atoms with Crippen molar-refractivity contribution in [3.8, 4) is 0 Å². The molecule has 1 saturated carbocycles. The lowest BCUT2D eigenvalue weighted by atomic mass is 10.2. The van der Waals surface area contributed by atoms with Gasteiger partial charge in [-0.2, -0.15) is 4.98 Å². The van der Waals surface area contributed by atoms with Crippen LogP contribution in [0.15, 0.2) is 42.6 Å². The van der Waals surface area contributed by atoms with Crippen LogP contribution >= 0.6 is 0 Å². The fourth-order valence-corrected chi connectivity index (χ4v) is 2.24. The maximum Gasteiger partial charge on any atom is 0.229 e. The van der Waals surface area contributed by atoms with Gasteiger partial charge in [0.15, 0.2) is 11.6 Å². The number of para-hydroxylation sites is 1. The van der Waals surface area contributed by atoms with Crippen molar-refractivity contribution in [3.63, 3.8) is 0 Å². The van der Waals surface area contributed by atoms with Gasteiger partial charge in [0.2, 0.25) is 5.95 Å². The van der Waals surface area contributed by atoms with Gasteiger partial charge in [-0.25, -0.2) is 9.37 Å². The van der Waals surface area contributed by atoms with E-state index in [1.165, 1.54) is 19.0 Å². The van der Waals surface area contributed by atoms with Crippen LogP contribution in [0.25, 0.3) is 0 Å². The number of rotatable bonds is 6. The molecule has 0 radical (unpaired) electrons. The van der Waals surface area contributed by atoms with Gasteiger partial charge in [0.05, 0.1) is 6.20 Å². The Balaban J connectivity index is 0.00000109. The second-order valence-corrected chi connectivity index (χ2v) is 5.99. The molecule has 5 heteroatoms. The molecule has 1 atom stereocenters. The fourth-order valence-electron chi connectivity index (χ4n) is 2.24. The number of nitrogens with one attached hydrogen (secondary N) is 2. The Hall–Kier alpha value is -2.43. The first kappa shape index (κ1) is 18.9. The molecule has 3 rings (SSSR count). The Morgan fingerprint density at radius 3 is 2.64 bits per heavy atom. The summed E-state index contributed by atoms with van der Waals surface area (Å²) in [6.45, 7) is 7.98. The highest BCUT2D eigenvalue weighted by Crippen LogP contribution is 2.30. The molecule has 0 saturated heterocycles. The number of anilines is 3. The van der Waals surface area contributed by atoms with Crippen LogP contribution in [0.2, 0.25) is 0 Å². The highest BCUT2D eigenvalue weighted by molar-refractivity contribution is 5.59. The van der Waals surface area contributed by atoms with Crippen LogP contribution in [-0.2, 0) is 0 Å². The summed E-state index contributed by atoms with van der Waals surface area (Å²) in [5.74, 6) is 0.838. The standard InChI is InChI=1S/C18H21FN4.C2H6/c1-12-5-3-4-6-16(12)22-18-20-11-15(19)17(23-18)21-13(2)7-8-14-9-10-14;1-2/h3-8,11,13-14H,9-10H2,1-2H3,(H2,20,21,22,23);1-2H3/b8-7+;. The lowest BCUT2D eigenvalue weighted by molar-refractivity contribution is 0.616. The van der Waals surface area contributed by atoms with E-state index in [9.17, 15) is 4.39 Å². The second-order valence-electron chi connectivity index (χ2n) is 5.99. The molecule has 1 aliphatic carbocycles. The van der Waals surface area contributed by atoms with Gasteiger partial charge in [0, 0.05) is 11.7 Å². The summed E-state index contributed by atoms with van der Waals surface area (Å²) in [6.07, 6.45) is 7.95. The van der Waals surface area contributed by atoms with Crippen LogP contribution in [0, 0.1) is 18.7 Å². The molecule has 25 heavy (non-hydrogen) atoms. The van der Waals surface area contributed by atoms with Crippen LogP contribution in [0.4, 0.5) is 21.8 Å². The molecule has 0 amide bonds. The molecule has 1 fully saturated rings. The van der Waals surface area contributed by atoms with E-state index in [-0.39, 0.29) is 11.9 Å². The van der Waals surface area contributed by atoms with E-state index in [2.05, 4.69) is 32.8 Å². The number of benzene rings is 1. The summed E-state index contributed by atoms with van der Waals surface area (Å²) in [4.78, 5) is 8.26. The molecule has 1 aromatic carbocycles. The van der Waals surface area contributed by atoms with Crippen molar-refractivity contribution >= 4 is 17.5 Å². The smallest absolute Gasteiger partial charge is 0.229 e. The number of hydrogen-bond donors (Lipinski definition) is 2. The minimum Gasteiger partial charge on any atom is -0.362 e. The third-order valence-corrected chi connectivity index (χ3v) is 3.79. The van der Waals surface area contributed by atoms with Crippen molar-refractivity contribution in [2.45, 2.75) is 46.6 Å². The van der Waals surface area contributed by atoms with Gasteiger partial charge < -0.3 is 10.6 Å². The summed E-state index contributed by atoms with van der Waals surface area (Å²) in [7, 11) is 0. The number of allylic oxidation sites excluding steroid dienone is 1. The monoisotopic (exact) mass is 342 g/mol. The van der Waals surface area contributed by atoms with Gasteiger partial charge >= 0.3 is 0 Å². The summed E-state index contributed by atoms with van der Waals surface area (Å²) in [5.41, 5.74) is 1.99. The number of halogens is 1. The van der Waals surface area contributed by atoms with E-state index < -0.39 is 5.82 Å². The molecule has 134 valence electrons. The Kier molecular flexibility index (Phi) is 6.92. The van der Waals surface area contributed by atoms with Crippen LogP contribution in [0.1, 0.15) is 39.2 Å². The van der Waals surface area contributed by atoms with Gasteiger partial charge in [-0.1, -0.05) is 44.2 Å². The zero-order valence-electron chi connectivity index (χ0n) is 15.4. The van der Waals surface area contributed by atoms with Crippen molar-refractivity contribution in [2.24, 2.45) is 5.92 Å². The molecule has 4 nitrogen and oxygen atoms in total. The zero-order valence-corrected chi connectivity index (χ0v) is 15.4. The van der Waals surface area contributed by atoms with Crippen molar-refractivity contribution in [1.29, 1.82) is 0 Å². The maximum atomic E-state index is 13.9. The number of nitrogens with zero attached hydrogens (tertiary/aromatic N) is 2. The lowest BCUT2D eigenvalue weighted by Crippen LogP contribution is -2.15. The highest BCUT2D eigenvalue weighted by Gasteiger charge is 2.17. The molecule has 1 aromatic heterocycles. The maximum absolute atomic E-state index is 13.9. The molecule has 1 aliphatic rings. The average Bonchev–Trinajstić information content (AvgIpc) is 3.44. The van der Waals surface area contributed by atoms with Crippen LogP contribution < -0.4 is 10.6 Å². The third-order valence-electron chi connectivity index (χ3n) is 3.79. The molecular weight excluding hydrogens is 315 g/mol. The highest BCUT2D eigenvalue weighted by atomic mass is 19.1. The van der Waals surface area contributed by atoms with E-state index in [1.54, 1.807) is 0 Å². The second kappa shape index (κ2) is 9.16. The van der Waals surface area contributed by atoms with Crippen molar-refractivity contribution in [3.05, 3.63) is 54.0 Å². The lowest BCUT2D eigenvalue weighted by Gasteiger charge is -2.13. The average molecular weight is 342 g/mol. The molecule has 1 heterocycles. The molecule has 2 N–H and O–H groups in total. The van der Waals surface area contributed by atoms with Crippen LogP contribution in [0.3, 0.4) is 0 Å². The van der Waals surface area contributed by atoms with E-state index in [0.717, 1.165) is 11.3 Å². The van der Waals surface area contributed by atoms with Gasteiger partial charge in [0.25, 0.3) is 0 Å². The van der Waals surface area contributed by atoms with Gasteiger partial charge in [-0.05, 0) is 44.2 Å². The number of hydrogen-bond acceptors (Lipinski definition) is 4. The van der Waals surface area contributed by atoms with E-state index >= 15 is 0 Å². The largest absolute Gasteiger partial charge is 0.362 e. The molecule has 0 spiro atoms. The summed E-state index contributed by atoms with van der Waals surface area (Å²) >= 11 is 0. The quantitative estimate of drug-likeness (QED) is 0.684. The number of aromatic nitrogens is 2. The SMILES string of the molecule is CC.Cc1ccccc1Nc1ncc(F)c(NC(C)/C=C/C2CC2)n1. The Labute approximate surface area is 149 Å². The first-order valence-corrected chi connectivity index (χ1v) is 8.92. The van der Waals surface area contributed by atoms with Gasteiger partial charge in [-0.3, -0.25) is 0 Å². The molecular formula is C20H27FN4. The minimum absolute atomic E-state index is 0.0197. The van der Waals surface area contributed by atoms with E-state index in [4.69, 9.17) is 0 Å². The number of aryl methyl sites for hydroxylation is 1. The van der Waals surface area contributed by atoms with E-state index in [1.807, 2.05) is 52.0 Å². The first-order valence-electron chi connectivity index (χ1n) is 8.92. The summed E-state index contributed by atoms with van der Waals surface area (Å²) in [5, 5.41) is 6.21. The Morgan fingerprint density at radius 2 is 1.96 bits per heavy atom. The van der Waals surface area contributed by atoms with Gasteiger partial charge in [-0.15, -0.1) is 0 Å². The molecule has 0 bridgehead atoms. The van der Waals surface area contributed by atoms with E-state index in [0.29, 0.717) is 11.9 Å². The van der Waals surface area contributed by atoms with Crippen molar-refractivity contribution < 1.29 is 4.39 Å². The predicted octanol–water partition coefficient (Wildman–Crippen LogP) is 5.46. The van der Waals surface area contributed by atoms with Crippen molar-refractivity contribution in [1.82, 2.24) is 9.97 Å². The Bertz CT molecular complexity index is 711. The molecule has 2 aromatic rings. The van der Waals surface area contributed by atoms with Crippen LogP contribution in [0.5, 0.6) is 0 Å². The Morgan fingerprint density at radius 1 is 1.24 bits per heavy atom. The summed E-state index contributed by atoms with van der Waals surface area (Å²) < 4.78 is 13.9. The van der Waals surface area contributed by atoms with Crippen molar-refractivity contribution in [2.75, 3.05) is 10.6 Å². The molecule has 1 unspecified atom stereocenters. The first-order chi connectivity index (χ1) is 12.1. The zero-order chi connectivity index (χ0) is 18.2. The predicted molar refractivity (Wildman–Crippen MR) is 103 cm³/mol. The minimum atomic E-state index is -0.452. The van der Waals surface area contributed by atoms with Crippen LogP contribution in [-0.4, -0.2) is 16.0 Å². The molecule has 0 aliphatic heterocycles.